The molecule has 0 radical (unpaired) electrons. The van der Waals surface area contributed by atoms with Gasteiger partial charge in [-0.15, -0.1) is 0 Å². The van der Waals surface area contributed by atoms with Gasteiger partial charge in [-0.2, -0.15) is 0 Å². The predicted molar refractivity (Wildman–Crippen MR) is 45.6 cm³/mol. The minimum Gasteiger partial charge on any atom is -0.461 e. The normalized spacial score (nSPS) is 11.5. The predicted octanol–water partition coefficient (Wildman–Crippen LogP) is 2.38. The highest BCUT2D eigenvalue weighted by molar-refractivity contribution is 5.88. The fraction of sp³-hybridized carbons (Fsp3) is 0. The molecule has 1 aromatic heterocycles. The number of nitrogens with zero attached hydrogens (tertiary/aromatic N) is 1. The first-order valence-corrected chi connectivity index (χ1v) is 3.65. The van der Waals surface area contributed by atoms with Gasteiger partial charge in [-0.05, 0) is 23.8 Å². The highest BCUT2D eigenvalue weighted by Gasteiger charge is 2.04. The zero-order chi connectivity index (χ0) is 9.26. The molecular formula is C9H6FNO2. The summed E-state index contributed by atoms with van der Waals surface area (Å²) in [5.74, 6) is -0.414. The second-order valence-corrected chi connectivity index (χ2v) is 2.58. The molecule has 0 unspecified atom stereocenters. The summed E-state index contributed by atoms with van der Waals surface area (Å²) in [6.45, 7) is 0. The highest BCUT2D eigenvalue weighted by Crippen LogP contribution is 2.20. The van der Waals surface area contributed by atoms with Crippen molar-refractivity contribution in [3.8, 4) is 0 Å². The van der Waals surface area contributed by atoms with Crippen LogP contribution >= 0.6 is 0 Å². The van der Waals surface area contributed by atoms with Gasteiger partial charge in [0.05, 0.1) is 11.6 Å². The molecule has 0 atom stereocenters. The Kier molecular flexibility index (Phi) is 1.73. The Hall–Kier alpha value is -1.84. The van der Waals surface area contributed by atoms with E-state index in [9.17, 15) is 4.39 Å². The van der Waals surface area contributed by atoms with Crippen molar-refractivity contribution in [2.45, 2.75) is 0 Å². The topological polar surface area (TPSA) is 45.7 Å². The van der Waals surface area contributed by atoms with Crippen LogP contribution in [0.25, 0.3) is 11.0 Å². The van der Waals surface area contributed by atoms with E-state index in [1.165, 1.54) is 6.21 Å². The van der Waals surface area contributed by atoms with Crippen molar-refractivity contribution in [1.82, 2.24) is 0 Å². The zero-order valence-corrected chi connectivity index (χ0v) is 6.57. The van der Waals surface area contributed by atoms with Crippen molar-refractivity contribution in [3.05, 3.63) is 35.8 Å². The number of hydrogen-bond acceptors (Lipinski definition) is 3. The Bertz CT molecular complexity index is 462. The Balaban J connectivity index is 2.65. The highest BCUT2D eigenvalue weighted by atomic mass is 19.1. The van der Waals surface area contributed by atoms with E-state index in [1.54, 1.807) is 18.2 Å². The summed E-state index contributed by atoms with van der Waals surface area (Å²) in [7, 11) is 0. The minimum absolute atomic E-state index is 0.386. The fourth-order valence-corrected chi connectivity index (χ4v) is 1.16. The lowest BCUT2D eigenvalue weighted by molar-refractivity contribution is 0.322. The molecule has 0 saturated heterocycles. The summed E-state index contributed by atoms with van der Waals surface area (Å²) in [5.41, 5.74) is 1.10. The Labute approximate surface area is 73.1 Å². The van der Waals surface area contributed by atoms with E-state index in [1.807, 2.05) is 0 Å². The van der Waals surface area contributed by atoms with Crippen LogP contribution in [0.1, 0.15) is 5.56 Å². The van der Waals surface area contributed by atoms with E-state index in [0.717, 1.165) is 6.26 Å². The van der Waals surface area contributed by atoms with Gasteiger partial charge >= 0.3 is 0 Å². The van der Waals surface area contributed by atoms with Gasteiger partial charge in [0, 0.05) is 0 Å². The molecule has 66 valence electrons. The molecule has 1 heterocycles. The van der Waals surface area contributed by atoms with E-state index in [0.29, 0.717) is 16.5 Å². The molecule has 0 spiro atoms. The maximum absolute atomic E-state index is 13.0. The standard InChI is InChI=1S/C9H6FNO2/c10-8-5-13-9-2-1-6(4-11-12)3-7(8)9/h1-5,12H. The van der Waals surface area contributed by atoms with E-state index in [2.05, 4.69) is 5.16 Å². The van der Waals surface area contributed by atoms with Crippen molar-refractivity contribution in [2.24, 2.45) is 5.16 Å². The first-order chi connectivity index (χ1) is 6.31. The first-order valence-electron chi connectivity index (χ1n) is 3.65. The fourth-order valence-electron chi connectivity index (χ4n) is 1.16. The second kappa shape index (κ2) is 2.90. The molecule has 0 bridgehead atoms. The molecule has 2 aromatic rings. The number of fused-ring (bicyclic) bond motifs is 1. The minimum atomic E-state index is -0.414. The summed E-state index contributed by atoms with van der Waals surface area (Å²) in [5, 5.41) is 11.5. The summed E-state index contributed by atoms with van der Waals surface area (Å²) >= 11 is 0. The van der Waals surface area contributed by atoms with Crippen LogP contribution in [0.3, 0.4) is 0 Å². The van der Waals surface area contributed by atoms with Crippen LogP contribution in [-0.2, 0) is 0 Å². The lowest BCUT2D eigenvalue weighted by atomic mass is 10.2. The van der Waals surface area contributed by atoms with E-state index < -0.39 is 5.82 Å². The smallest absolute Gasteiger partial charge is 0.169 e. The molecule has 0 aliphatic rings. The second-order valence-electron chi connectivity index (χ2n) is 2.58. The lowest BCUT2D eigenvalue weighted by Crippen LogP contribution is -1.80. The van der Waals surface area contributed by atoms with Crippen LogP contribution in [0.2, 0.25) is 0 Å². The molecule has 2 rings (SSSR count). The number of oxime groups is 1. The number of furan rings is 1. The van der Waals surface area contributed by atoms with Crippen molar-refractivity contribution < 1.29 is 14.0 Å². The molecule has 0 aliphatic carbocycles. The Morgan fingerprint density at radius 3 is 3.08 bits per heavy atom. The van der Waals surface area contributed by atoms with Gasteiger partial charge < -0.3 is 9.62 Å². The largest absolute Gasteiger partial charge is 0.461 e. The molecule has 1 aromatic carbocycles. The van der Waals surface area contributed by atoms with E-state index in [-0.39, 0.29) is 0 Å². The van der Waals surface area contributed by atoms with Crippen molar-refractivity contribution in [1.29, 1.82) is 0 Å². The van der Waals surface area contributed by atoms with E-state index >= 15 is 0 Å². The average Bonchev–Trinajstić information content (AvgIpc) is 2.49. The van der Waals surface area contributed by atoms with Gasteiger partial charge in [0.15, 0.2) is 5.82 Å². The van der Waals surface area contributed by atoms with Gasteiger partial charge in [0.1, 0.15) is 11.8 Å². The summed E-state index contributed by atoms with van der Waals surface area (Å²) < 4.78 is 17.9. The Morgan fingerprint density at radius 2 is 2.31 bits per heavy atom. The van der Waals surface area contributed by atoms with Crippen LogP contribution in [0.15, 0.2) is 34.0 Å². The molecule has 4 heteroatoms. The van der Waals surface area contributed by atoms with Gasteiger partial charge in [-0.3, -0.25) is 0 Å². The number of benzene rings is 1. The molecule has 0 aliphatic heterocycles. The number of halogens is 1. The van der Waals surface area contributed by atoms with Crippen LogP contribution in [0, 0.1) is 5.82 Å². The molecule has 0 saturated carbocycles. The van der Waals surface area contributed by atoms with Gasteiger partial charge in [0.2, 0.25) is 0 Å². The summed E-state index contributed by atoms with van der Waals surface area (Å²) in [4.78, 5) is 0. The van der Waals surface area contributed by atoms with Crippen molar-refractivity contribution >= 4 is 17.2 Å². The third kappa shape index (κ3) is 1.26. The van der Waals surface area contributed by atoms with Crippen LogP contribution in [0.5, 0.6) is 0 Å². The molecule has 13 heavy (non-hydrogen) atoms. The van der Waals surface area contributed by atoms with Crippen LogP contribution < -0.4 is 0 Å². The van der Waals surface area contributed by atoms with Gasteiger partial charge in [-0.25, -0.2) is 4.39 Å². The van der Waals surface area contributed by atoms with Crippen LogP contribution in [-0.4, -0.2) is 11.4 Å². The van der Waals surface area contributed by atoms with Gasteiger partial charge in [0.25, 0.3) is 0 Å². The Morgan fingerprint density at radius 1 is 1.46 bits per heavy atom. The summed E-state index contributed by atoms with van der Waals surface area (Å²) in [6.07, 6.45) is 2.27. The lowest BCUT2D eigenvalue weighted by Gasteiger charge is -1.91. The quantitative estimate of drug-likeness (QED) is 0.415. The third-order valence-electron chi connectivity index (χ3n) is 1.76. The van der Waals surface area contributed by atoms with Crippen molar-refractivity contribution in [2.75, 3.05) is 0 Å². The summed E-state index contributed by atoms with van der Waals surface area (Å²) in [6, 6.07) is 4.84. The van der Waals surface area contributed by atoms with Crippen LogP contribution in [0.4, 0.5) is 4.39 Å². The maximum atomic E-state index is 13.0. The molecule has 1 N–H and O–H groups in total. The molecule has 3 nitrogen and oxygen atoms in total. The first kappa shape index (κ1) is 7.79. The molecule has 0 amide bonds. The van der Waals surface area contributed by atoms with Crippen molar-refractivity contribution in [3.63, 3.8) is 0 Å². The number of hydrogen-bond donors (Lipinski definition) is 1. The molecule has 0 fully saturated rings. The monoisotopic (exact) mass is 179 g/mol. The number of rotatable bonds is 1. The molecular weight excluding hydrogens is 173 g/mol. The third-order valence-corrected chi connectivity index (χ3v) is 1.76. The zero-order valence-electron chi connectivity index (χ0n) is 6.57. The SMILES string of the molecule is ON=Cc1ccc2occ(F)c2c1. The van der Waals surface area contributed by atoms with Gasteiger partial charge in [-0.1, -0.05) is 5.16 Å². The van der Waals surface area contributed by atoms with E-state index in [4.69, 9.17) is 9.62 Å². The average molecular weight is 179 g/mol. The maximum Gasteiger partial charge on any atom is 0.169 e.